The first-order valence-electron chi connectivity index (χ1n) is 15.2. The number of rotatable bonds is 7. The fraction of sp³-hybridized carbons (Fsp3) is 0.906. The van der Waals surface area contributed by atoms with Crippen LogP contribution in [-0.4, -0.2) is 24.8 Å². The summed E-state index contributed by atoms with van der Waals surface area (Å²) in [5.74, 6) is 4.68. The van der Waals surface area contributed by atoms with Crippen LogP contribution in [0.25, 0.3) is 0 Å². The molecule has 1 saturated heterocycles. The second-order valence-electron chi connectivity index (χ2n) is 13.9. The van der Waals surface area contributed by atoms with Gasteiger partial charge in [0.1, 0.15) is 5.78 Å². The van der Waals surface area contributed by atoms with Crippen LogP contribution in [-0.2, 0) is 14.3 Å². The molecule has 4 aliphatic carbocycles. The molecule has 0 N–H and O–H groups in total. The van der Waals surface area contributed by atoms with Crippen LogP contribution in [0, 0.1) is 46.3 Å². The van der Waals surface area contributed by atoms with E-state index < -0.39 is 0 Å². The second kappa shape index (κ2) is 10.2. The molecule has 0 aromatic carbocycles. The monoisotopic (exact) mass is 484 g/mol. The molecule has 5 aliphatic rings. The summed E-state index contributed by atoms with van der Waals surface area (Å²) >= 11 is 0. The minimum atomic E-state index is 0.0404. The van der Waals surface area contributed by atoms with E-state index in [9.17, 15) is 4.79 Å². The summed E-state index contributed by atoms with van der Waals surface area (Å²) < 4.78 is 12.4. The van der Waals surface area contributed by atoms with Crippen molar-refractivity contribution < 1.29 is 14.3 Å². The van der Waals surface area contributed by atoms with E-state index in [2.05, 4.69) is 40.7 Å². The molecule has 1 aliphatic heterocycles. The number of Topliss-reactive ketones (excluding diaryl/α,β-unsaturated/α-hetero) is 1. The maximum absolute atomic E-state index is 12.3. The number of hydrogen-bond donors (Lipinski definition) is 0. The number of fused-ring (bicyclic) bond motifs is 5. The van der Waals surface area contributed by atoms with E-state index in [-0.39, 0.29) is 12.2 Å². The molecular formula is C32H52O3. The zero-order chi connectivity index (χ0) is 24.8. The van der Waals surface area contributed by atoms with Gasteiger partial charge in [0.15, 0.2) is 6.29 Å². The van der Waals surface area contributed by atoms with E-state index in [0.717, 1.165) is 56.0 Å². The molecule has 4 fully saturated rings. The average Bonchev–Trinajstić information content (AvgIpc) is 3.20. The van der Waals surface area contributed by atoms with Gasteiger partial charge in [-0.05, 0) is 117 Å². The van der Waals surface area contributed by atoms with Gasteiger partial charge in [-0.15, -0.1) is 0 Å². The lowest BCUT2D eigenvalue weighted by atomic mass is 9.47. The smallest absolute Gasteiger partial charge is 0.157 e. The van der Waals surface area contributed by atoms with Crippen molar-refractivity contribution in [2.45, 2.75) is 130 Å². The Bertz CT molecular complexity index is 795. The normalized spacial score (nSPS) is 44.2. The van der Waals surface area contributed by atoms with Gasteiger partial charge in [-0.1, -0.05) is 46.3 Å². The molecule has 0 spiro atoms. The van der Waals surface area contributed by atoms with Crippen molar-refractivity contribution in [1.82, 2.24) is 0 Å². The van der Waals surface area contributed by atoms with Gasteiger partial charge in [0.25, 0.3) is 0 Å². The molecule has 3 saturated carbocycles. The minimum Gasteiger partial charge on any atom is -0.353 e. The van der Waals surface area contributed by atoms with Crippen molar-refractivity contribution in [3.8, 4) is 0 Å². The predicted molar refractivity (Wildman–Crippen MR) is 142 cm³/mol. The highest BCUT2D eigenvalue weighted by atomic mass is 16.7. The van der Waals surface area contributed by atoms with Gasteiger partial charge in [0.05, 0.1) is 6.10 Å². The number of ether oxygens (including phenoxy) is 2. The third kappa shape index (κ3) is 4.83. The number of hydrogen-bond acceptors (Lipinski definition) is 3. The topological polar surface area (TPSA) is 35.5 Å². The first-order chi connectivity index (χ1) is 16.7. The fourth-order valence-corrected chi connectivity index (χ4v) is 9.61. The SMILES string of the molecule is CC(C)C(=O)CC[C@@H](C)[C@H]1CC[C@H]2[C@@H]3CC=C4CC(OC5CCCCO5)CC[C@]4(C)[C@H]3CC[C@]12C. The van der Waals surface area contributed by atoms with Crippen LogP contribution in [0.5, 0.6) is 0 Å². The Morgan fingerprint density at radius 1 is 1.06 bits per heavy atom. The lowest BCUT2D eigenvalue weighted by Gasteiger charge is -2.58. The molecular weight excluding hydrogens is 432 g/mol. The lowest BCUT2D eigenvalue weighted by Crippen LogP contribution is -2.51. The highest BCUT2D eigenvalue weighted by molar-refractivity contribution is 5.80. The molecule has 3 heteroatoms. The Balaban J connectivity index is 1.25. The van der Waals surface area contributed by atoms with Crippen LogP contribution in [0.1, 0.15) is 118 Å². The van der Waals surface area contributed by atoms with Crippen LogP contribution in [0.4, 0.5) is 0 Å². The van der Waals surface area contributed by atoms with Gasteiger partial charge in [-0.3, -0.25) is 4.79 Å². The van der Waals surface area contributed by atoms with E-state index in [1.807, 2.05) is 0 Å². The largest absolute Gasteiger partial charge is 0.353 e. The summed E-state index contributed by atoms with van der Waals surface area (Å²) in [5.41, 5.74) is 2.57. The van der Waals surface area contributed by atoms with E-state index in [4.69, 9.17) is 9.47 Å². The van der Waals surface area contributed by atoms with Crippen molar-refractivity contribution in [1.29, 1.82) is 0 Å². The quantitative estimate of drug-likeness (QED) is 0.342. The van der Waals surface area contributed by atoms with E-state index in [1.54, 1.807) is 5.57 Å². The highest BCUT2D eigenvalue weighted by Crippen LogP contribution is 2.67. The van der Waals surface area contributed by atoms with Crippen molar-refractivity contribution in [2.75, 3.05) is 6.61 Å². The molecule has 35 heavy (non-hydrogen) atoms. The molecule has 2 unspecified atom stereocenters. The Hall–Kier alpha value is -0.670. The number of carbonyl (C=O) groups is 1. The van der Waals surface area contributed by atoms with Crippen LogP contribution in [0.2, 0.25) is 0 Å². The third-order valence-corrected chi connectivity index (χ3v) is 11.8. The van der Waals surface area contributed by atoms with Crippen molar-refractivity contribution >= 4 is 5.78 Å². The fourth-order valence-electron chi connectivity index (χ4n) is 9.61. The van der Waals surface area contributed by atoms with Crippen LogP contribution >= 0.6 is 0 Å². The van der Waals surface area contributed by atoms with Gasteiger partial charge in [-0.25, -0.2) is 0 Å². The lowest BCUT2D eigenvalue weighted by molar-refractivity contribution is -0.195. The Kier molecular flexibility index (Phi) is 7.59. The maximum atomic E-state index is 12.3. The molecule has 198 valence electrons. The van der Waals surface area contributed by atoms with Crippen molar-refractivity contribution in [2.24, 2.45) is 46.3 Å². The number of carbonyl (C=O) groups excluding carboxylic acids is 1. The molecule has 1 heterocycles. The van der Waals surface area contributed by atoms with E-state index in [0.29, 0.717) is 28.6 Å². The summed E-state index contributed by atoms with van der Waals surface area (Å²) in [5, 5.41) is 0. The molecule has 0 aromatic rings. The van der Waals surface area contributed by atoms with E-state index in [1.165, 1.54) is 57.8 Å². The highest BCUT2D eigenvalue weighted by Gasteiger charge is 2.59. The van der Waals surface area contributed by atoms with Crippen molar-refractivity contribution in [3.05, 3.63) is 11.6 Å². The van der Waals surface area contributed by atoms with Gasteiger partial charge in [-0.2, -0.15) is 0 Å². The maximum Gasteiger partial charge on any atom is 0.157 e. The molecule has 3 nitrogen and oxygen atoms in total. The van der Waals surface area contributed by atoms with Crippen LogP contribution < -0.4 is 0 Å². The standard InChI is InChI=1S/C32H52O3/c1-21(2)29(33)14-9-22(3)26-12-13-27-25-11-10-23-20-24(35-30-8-6-7-19-34-30)15-17-31(23,4)28(25)16-18-32(26,27)5/h10,21-22,24-28,30H,6-9,11-20H2,1-5H3/t22-,24?,25+,26-,27+,28+,30?,31+,32-/m1/s1. The second-order valence-corrected chi connectivity index (χ2v) is 13.9. The van der Waals surface area contributed by atoms with Gasteiger partial charge in [0.2, 0.25) is 0 Å². The molecule has 0 bridgehead atoms. The zero-order valence-electron chi connectivity index (χ0n) is 23.3. The van der Waals surface area contributed by atoms with Crippen molar-refractivity contribution in [3.63, 3.8) is 0 Å². The van der Waals surface area contributed by atoms with Crippen LogP contribution in [0.3, 0.4) is 0 Å². The predicted octanol–water partition coefficient (Wildman–Crippen LogP) is 8.12. The zero-order valence-corrected chi connectivity index (χ0v) is 23.3. The minimum absolute atomic E-state index is 0.0404. The molecule has 0 aromatic heterocycles. The molecule has 9 atom stereocenters. The Morgan fingerprint density at radius 2 is 1.89 bits per heavy atom. The molecule has 0 radical (unpaired) electrons. The van der Waals surface area contributed by atoms with Gasteiger partial charge < -0.3 is 9.47 Å². The van der Waals surface area contributed by atoms with E-state index >= 15 is 0 Å². The third-order valence-electron chi connectivity index (χ3n) is 11.8. The summed E-state index contributed by atoms with van der Waals surface area (Å²) in [7, 11) is 0. The summed E-state index contributed by atoms with van der Waals surface area (Å²) in [6.07, 6.45) is 18.9. The first kappa shape index (κ1) is 26.0. The van der Waals surface area contributed by atoms with Gasteiger partial charge >= 0.3 is 0 Å². The number of allylic oxidation sites excluding steroid dienone is 1. The summed E-state index contributed by atoms with van der Waals surface area (Å²) in [4.78, 5) is 12.3. The number of ketones is 1. The van der Waals surface area contributed by atoms with Crippen LogP contribution in [0.15, 0.2) is 11.6 Å². The average molecular weight is 485 g/mol. The Morgan fingerprint density at radius 3 is 2.63 bits per heavy atom. The summed E-state index contributed by atoms with van der Waals surface area (Å²) in [6.45, 7) is 12.7. The van der Waals surface area contributed by atoms with Gasteiger partial charge in [0, 0.05) is 18.9 Å². The first-order valence-corrected chi connectivity index (χ1v) is 15.2. The summed E-state index contributed by atoms with van der Waals surface area (Å²) in [6, 6.07) is 0. The molecule has 5 rings (SSSR count). The Labute approximate surface area is 215 Å². The molecule has 0 amide bonds.